The molecule has 13 heavy (non-hydrogen) atoms. The minimum atomic E-state index is 0.220. The quantitative estimate of drug-likeness (QED) is 0.723. The first-order chi connectivity index (χ1) is 6.06. The summed E-state index contributed by atoms with van der Waals surface area (Å²) in [5.41, 5.74) is 1.04. The zero-order valence-corrected chi connectivity index (χ0v) is 11.2. The van der Waals surface area contributed by atoms with Crippen LogP contribution >= 0.6 is 43.5 Å². The lowest BCUT2D eigenvalue weighted by Crippen LogP contribution is -1.93. The highest BCUT2D eigenvalue weighted by atomic mass is 79.9. The van der Waals surface area contributed by atoms with E-state index in [1.807, 2.05) is 19.1 Å². The largest absolute Gasteiger partial charge is 0.495 e. The fraction of sp³-hybridized carbons (Fsp3) is 0.333. The summed E-state index contributed by atoms with van der Waals surface area (Å²) in [7, 11) is 1.65. The van der Waals surface area contributed by atoms with Gasteiger partial charge in [0.15, 0.2) is 0 Å². The van der Waals surface area contributed by atoms with Gasteiger partial charge in [0.2, 0.25) is 0 Å². The summed E-state index contributed by atoms with van der Waals surface area (Å²) in [6.45, 7) is 2.03. The molecule has 0 spiro atoms. The molecule has 0 fully saturated rings. The van der Waals surface area contributed by atoms with E-state index in [9.17, 15) is 0 Å². The van der Waals surface area contributed by atoms with E-state index in [2.05, 4.69) is 31.9 Å². The van der Waals surface area contributed by atoms with Crippen molar-refractivity contribution in [2.45, 2.75) is 11.8 Å². The molecule has 0 bridgehead atoms. The van der Waals surface area contributed by atoms with E-state index < -0.39 is 0 Å². The van der Waals surface area contributed by atoms with E-state index in [1.165, 1.54) is 0 Å². The molecule has 0 N–H and O–H groups in total. The summed E-state index contributed by atoms with van der Waals surface area (Å²) in [6, 6.07) is 3.71. The predicted molar refractivity (Wildman–Crippen MR) is 63.0 cm³/mol. The molecule has 1 atom stereocenters. The number of benzene rings is 1. The molecule has 4 heteroatoms. The Morgan fingerprint density at radius 3 is 2.54 bits per heavy atom. The average Bonchev–Trinajstić information content (AvgIpc) is 2.02. The third kappa shape index (κ3) is 2.61. The van der Waals surface area contributed by atoms with Crippen LogP contribution in [0.4, 0.5) is 0 Å². The van der Waals surface area contributed by atoms with E-state index in [0.717, 1.165) is 15.8 Å². The van der Waals surface area contributed by atoms with Crippen LogP contribution < -0.4 is 4.74 Å². The van der Waals surface area contributed by atoms with Crippen molar-refractivity contribution in [1.82, 2.24) is 0 Å². The van der Waals surface area contributed by atoms with Crippen molar-refractivity contribution >= 4 is 43.5 Å². The maximum absolute atomic E-state index is 5.92. The summed E-state index contributed by atoms with van der Waals surface area (Å²) >= 11 is 12.8. The number of hydrogen-bond donors (Lipinski definition) is 0. The normalized spacial score (nSPS) is 12.7. The van der Waals surface area contributed by atoms with E-state index in [1.54, 1.807) is 7.11 Å². The van der Waals surface area contributed by atoms with Gasteiger partial charge in [-0.05, 0) is 35.0 Å². The van der Waals surface area contributed by atoms with Crippen molar-refractivity contribution < 1.29 is 4.74 Å². The van der Waals surface area contributed by atoms with Gasteiger partial charge in [-0.3, -0.25) is 0 Å². The van der Waals surface area contributed by atoms with Gasteiger partial charge in [0.25, 0.3) is 0 Å². The minimum Gasteiger partial charge on any atom is -0.495 e. The van der Waals surface area contributed by atoms with Crippen LogP contribution in [0, 0.1) is 0 Å². The number of rotatable bonds is 2. The lowest BCUT2D eigenvalue weighted by molar-refractivity contribution is 0.407. The SMILES string of the molecule is COc1c(Br)cc(Cl)cc1C(C)Br. The summed E-state index contributed by atoms with van der Waals surface area (Å²) in [5.74, 6) is 0.828. The van der Waals surface area contributed by atoms with Crippen LogP contribution in [0.1, 0.15) is 17.3 Å². The van der Waals surface area contributed by atoms with Crippen molar-refractivity contribution in [2.75, 3.05) is 7.11 Å². The first kappa shape index (κ1) is 11.3. The maximum atomic E-state index is 5.92. The Balaban J connectivity index is 3.29. The van der Waals surface area contributed by atoms with Crippen LogP contribution in [0.15, 0.2) is 16.6 Å². The van der Waals surface area contributed by atoms with E-state index in [4.69, 9.17) is 16.3 Å². The zero-order chi connectivity index (χ0) is 10.0. The fourth-order valence-corrected chi connectivity index (χ4v) is 2.43. The lowest BCUT2D eigenvalue weighted by atomic mass is 10.1. The number of hydrogen-bond acceptors (Lipinski definition) is 1. The van der Waals surface area contributed by atoms with E-state index in [-0.39, 0.29) is 4.83 Å². The van der Waals surface area contributed by atoms with Gasteiger partial charge in [-0.15, -0.1) is 0 Å². The van der Waals surface area contributed by atoms with Gasteiger partial charge in [-0.2, -0.15) is 0 Å². The van der Waals surface area contributed by atoms with E-state index >= 15 is 0 Å². The molecule has 0 radical (unpaired) electrons. The van der Waals surface area contributed by atoms with Crippen molar-refractivity contribution in [3.05, 3.63) is 27.2 Å². The maximum Gasteiger partial charge on any atom is 0.137 e. The highest BCUT2D eigenvalue weighted by Crippen LogP contribution is 2.38. The lowest BCUT2D eigenvalue weighted by Gasteiger charge is -2.12. The molecule has 1 rings (SSSR count). The summed E-state index contributed by atoms with van der Waals surface area (Å²) in [6.07, 6.45) is 0. The number of methoxy groups -OCH3 is 1. The first-order valence-corrected chi connectivity index (χ1v) is 5.82. The molecule has 0 heterocycles. The Labute approximate surface area is 99.7 Å². The van der Waals surface area contributed by atoms with Gasteiger partial charge in [0, 0.05) is 15.4 Å². The monoisotopic (exact) mass is 326 g/mol. The third-order valence-corrected chi connectivity index (χ3v) is 2.97. The van der Waals surface area contributed by atoms with Gasteiger partial charge < -0.3 is 4.74 Å². The van der Waals surface area contributed by atoms with Crippen LogP contribution in [0.25, 0.3) is 0 Å². The molecule has 0 aliphatic rings. The highest BCUT2D eigenvalue weighted by Gasteiger charge is 2.12. The van der Waals surface area contributed by atoms with Crippen LogP contribution in [-0.2, 0) is 0 Å². The summed E-state index contributed by atoms with van der Waals surface area (Å²) in [5, 5.41) is 0.703. The summed E-state index contributed by atoms with van der Waals surface area (Å²) in [4.78, 5) is 0.220. The molecule has 0 aliphatic carbocycles. The second-order valence-corrected chi connectivity index (χ2v) is 5.29. The second-order valence-electron chi connectivity index (χ2n) is 2.63. The first-order valence-electron chi connectivity index (χ1n) is 3.73. The Morgan fingerprint density at radius 2 is 2.08 bits per heavy atom. The topological polar surface area (TPSA) is 9.23 Å². The Morgan fingerprint density at radius 1 is 1.46 bits per heavy atom. The van der Waals surface area contributed by atoms with Gasteiger partial charge in [0.1, 0.15) is 5.75 Å². The van der Waals surface area contributed by atoms with Gasteiger partial charge in [-0.1, -0.05) is 27.5 Å². The molecule has 1 nitrogen and oxygen atoms in total. The number of ether oxygens (including phenoxy) is 1. The molecule has 0 saturated carbocycles. The second kappa shape index (κ2) is 4.67. The smallest absolute Gasteiger partial charge is 0.137 e. The molecular weight excluding hydrogens is 319 g/mol. The van der Waals surface area contributed by atoms with Crippen molar-refractivity contribution in [3.8, 4) is 5.75 Å². The molecular formula is C9H9Br2ClO. The fourth-order valence-electron chi connectivity index (χ4n) is 1.09. The van der Waals surface area contributed by atoms with Crippen LogP contribution in [0.2, 0.25) is 5.02 Å². The predicted octanol–water partition coefficient (Wildman–Crippen LogP) is 4.57. The highest BCUT2D eigenvalue weighted by molar-refractivity contribution is 9.10. The molecule has 0 amide bonds. The molecule has 0 aromatic heterocycles. The number of alkyl halides is 1. The van der Waals surface area contributed by atoms with Crippen molar-refractivity contribution in [2.24, 2.45) is 0 Å². The average molecular weight is 328 g/mol. The van der Waals surface area contributed by atoms with Crippen molar-refractivity contribution in [3.63, 3.8) is 0 Å². The third-order valence-electron chi connectivity index (χ3n) is 1.67. The Kier molecular flexibility index (Phi) is 4.07. The Hall–Kier alpha value is 0.270. The van der Waals surface area contributed by atoms with Gasteiger partial charge in [-0.25, -0.2) is 0 Å². The van der Waals surface area contributed by atoms with Crippen LogP contribution in [0.3, 0.4) is 0 Å². The zero-order valence-electron chi connectivity index (χ0n) is 7.27. The molecule has 0 saturated heterocycles. The van der Waals surface area contributed by atoms with Gasteiger partial charge >= 0.3 is 0 Å². The van der Waals surface area contributed by atoms with Gasteiger partial charge in [0.05, 0.1) is 11.6 Å². The van der Waals surface area contributed by atoms with Crippen molar-refractivity contribution in [1.29, 1.82) is 0 Å². The van der Waals surface area contributed by atoms with Crippen LogP contribution in [-0.4, -0.2) is 7.11 Å². The Bertz CT molecular complexity index is 313. The number of halogens is 3. The summed E-state index contributed by atoms with van der Waals surface area (Å²) < 4.78 is 6.14. The molecule has 1 aromatic rings. The molecule has 0 aliphatic heterocycles. The molecule has 1 unspecified atom stereocenters. The minimum absolute atomic E-state index is 0.220. The standard InChI is InChI=1S/C9H9Br2ClO/c1-5(10)7-3-6(12)4-8(11)9(7)13-2/h3-5H,1-2H3. The molecule has 72 valence electrons. The molecule has 1 aromatic carbocycles. The van der Waals surface area contributed by atoms with Crippen LogP contribution in [0.5, 0.6) is 5.75 Å². The van der Waals surface area contributed by atoms with E-state index in [0.29, 0.717) is 5.02 Å².